The highest BCUT2D eigenvalue weighted by atomic mass is 16.7. The summed E-state index contributed by atoms with van der Waals surface area (Å²) in [6, 6.07) is 39.5. The van der Waals surface area contributed by atoms with Crippen molar-refractivity contribution in [3.8, 4) is 0 Å². The molecule has 4 saturated heterocycles. The van der Waals surface area contributed by atoms with Gasteiger partial charge in [-0.1, -0.05) is 203 Å². The van der Waals surface area contributed by atoms with Crippen LogP contribution in [0.5, 0.6) is 0 Å². The van der Waals surface area contributed by atoms with E-state index in [-0.39, 0.29) is 102 Å². The number of hydrogen-bond acceptors (Lipinski definition) is 12. The summed E-state index contributed by atoms with van der Waals surface area (Å²) >= 11 is 0. The van der Waals surface area contributed by atoms with E-state index < -0.39 is 12.3 Å². The van der Waals surface area contributed by atoms with E-state index >= 15 is 0 Å². The number of carbonyl (C=O) groups is 4. The summed E-state index contributed by atoms with van der Waals surface area (Å²) < 4.78 is 48.9. The van der Waals surface area contributed by atoms with E-state index in [1.165, 1.54) is 22.3 Å². The van der Waals surface area contributed by atoms with E-state index in [0.29, 0.717) is 60.5 Å². The van der Waals surface area contributed by atoms with Gasteiger partial charge < -0.3 is 47.7 Å². The molecule has 4 aromatic carbocycles. The van der Waals surface area contributed by atoms with Crippen LogP contribution in [0.4, 0.5) is 19.2 Å². The number of carbonyl (C=O) groups excluding carboxylic acids is 4. The van der Waals surface area contributed by atoms with Gasteiger partial charge in [-0.3, -0.25) is 0 Å². The molecule has 14 nitrogen and oxygen atoms in total. The van der Waals surface area contributed by atoms with Gasteiger partial charge in [-0.05, 0) is 196 Å². The molecule has 0 bridgehead atoms. The lowest BCUT2D eigenvalue weighted by Gasteiger charge is -2.49. The number of piperidine rings is 2. The van der Waals surface area contributed by atoms with Crippen molar-refractivity contribution in [2.75, 3.05) is 13.1 Å². The van der Waals surface area contributed by atoms with Crippen molar-refractivity contribution in [2.24, 2.45) is 70.0 Å². The molecule has 16 rings (SSSR count). The van der Waals surface area contributed by atoms with E-state index in [1.807, 2.05) is 131 Å². The van der Waals surface area contributed by atoms with Crippen LogP contribution in [0.3, 0.4) is 0 Å². The van der Waals surface area contributed by atoms with Gasteiger partial charge in [0.1, 0.15) is 38.6 Å². The highest BCUT2D eigenvalue weighted by Crippen LogP contribution is 2.67. The quantitative estimate of drug-likeness (QED) is 0.0845. The van der Waals surface area contributed by atoms with Crippen molar-refractivity contribution >= 4 is 24.5 Å². The molecular weight excluding hydrogens is 1260 g/mol. The van der Waals surface area contributed by atoms with Crippen LogP contribution in [-0.4, -0.2) is 95.1 Å². The van der Waals surface area contributed by atoms with Gasteiger partial charge in [0.15, 0.2) is 0 Å². The summed E-state index contributed by atoms with van der Waals surface area (Å²) in [6.07, 6.45) is 20.4. The van der Waals surface area contributed by atoms with Gasteiger partial charge in [0.25, 0.3) is 0 Å². The number of allylic oxidation sites excluding steroid dienone is 4. The lowest BCUT2D eigenvalue weighted by molar-refractivity contribution is -0.0784. The van der Waals surface area contributed by atoms with E-state index in [0.717, 1.165) is 138 Å². The Bertz CT molecular complexity index is 3820. The van der Waals surface area contributed by atoms with Crippen LogP contribution in [0, 0.1) is 70.0 Å². The third-order valence-electron chi connectivity index (χ3n) is 27.9. The fourth-order valence-electron chi connectivity index (χ4n) is 22.7. The average Bonchev–Trinajstić information content (AvgIpc) is 1.57. The second-order valence-corrected chi connectivity index (χ2v) is 33.5. The van der Waals surface area contributed by atoms with Crippen LogP contribution in [0.1, 0.15) is 187 Å². The predicted octanol–water partition coefficient (Wildman–Crippen LogP) is 19.2. The Morgan fingerprint density at radius 1 is 0.485 bits per heavy atom. The zero-order chi connectivity index (χ0) is 70.0. The van der Waals surface area contributed by atoms with Crippen molar-refractivity contribution in [2.45, 2.75) is 239 Å². The van der Waals surface area contributed by atoms with Gasteiger partial charge in [-0.25, -0.2) is 19.2 Å². The van der Waals surface area contributed by atoms with Gasteiger partial charge in [0, 0.05) is 37.8 Å². The normalized spacial score (nSPS) is 37.1. The Hall–Kier alpha value is -7.16. The molecule has 8 aliphatic carbocycles. The highest BCUT2D eigenvalue weighted by molar-refractivity contribution is 5.69. The van der Waals surface area contributed by atoms with Crippen molar-refractivity contribution in [3.63, 3.8) is 0 Å². The van der Waals surface area contributed by atoms with Crippen molar-refractivity contribution < 1.29 is 57.1 Å². The Balaban J connectivity index is 0.000000164. The molecule has 8 fully saturated rings. The molecule has 0 radical (unpaired) electrons. The van der Waals surface area contributed by atoms with Gasteiger partial charge in [-0.2, -0.15) is 0 Å². The zero-order valence-electron chi connectivity index (χ0n) is 61.0. The van der Waals surface area contributed by atoms with Gasteiger partial charge in [-0.15, -0.1) is 0 Å². The van der Waals surface area contributed by atoms with Crippen LogP contribution in [0.2, 0.25) is 0 Å². The Morgan fingerprint density at radius 3 is 1.38 bits per heavy atom. The number of hydrogen-bond donors (Lipinski definition) is 0. The summed E-state index contributed by atoms with van der Waals surface area (Å²) in [6.45, 7) is 21.3. The van der Waals surface area contributed by atoms with Gasteiger partial charge >= 0.3 is 24.5 Å². The van der Waals surface area contributed by atoms with E-state index in [9.17, 15) is 19.2 Å². The lowest BCUT2D eigenvalue weighted by atomic mass is 9.56. The van der Waals surface area contributed by atoms with Crippen LogP contribution in [0.25, 0.3) is 0 Å². The molecular formula is C87H108N2O12. The zero-order valence-corrected chi connectivity index (χ0v) is 61.0. The topological polar surface area (TPSA) is 149 Å². The van der Waals surface area contributed by atoms with Crippen LogP contribution >= 0.6 is 0 Å². The number of rotatable bonds is 10. The average molecular weight is 1370 g/mol. The number of nitrogens with zero attached hydrogens (tertiary/aromatic N) is 2. The van der Waals surface area contributed by atoms with Crippen LogP contribution in [0.15, 0.2) is 167 Å². The monoisotopic (exact) mass is 1370 g/mol. The first-order chi connectivity index (χ1) is 48.8. The van der Waals surface area contributed by atoms with Crippen molar-refractivity contribution in [3.05, 3.63) is 189 Å². The lowest BCUT2D eigenvalue weighted by Crippen LogP contribution is -2.54. The third-order valence-corrected chi connectivity index (χ3v) is 27.9. The van der Waals surface area contributed by atoms with E-state index in [1.54, 1.807) is 11.1 Å². The molecule has 12 aliphatic rings. The molecule has 14 heteroatoms. The fourth-order valence-corrected chi connectivity index (χ4v) is 22.7. The predicted molar refractivity (Wildman–Crippen MR) is 386 cm³/mol. The molecule has 4 heterocycles. The highest BCUT2D eigenvalue weighted by Gasteiger charge is 2.64. The number of benzene rings is 4. The number of fused-ring (bicyclic) bond motifs is 12. The Labute approximate surface area is 599 Å². The molecule has 4 aromatic rings. The maximum Gasteiger partial charge on any atom is 0.508 e. The van der Waals surface area contributed by atoms with Gasteiger partial charge in [0.2, 0.25) is 0 Å². The first kappa shape index (κ1) is 69.6. The van der Waals surface area contributed by atoms with Crippen LogP contribution < -0.4 is 0 Å². The van der Waals surface area contributed by atoms with Gasteiger partial charge in [0.05, 0.1) is 35.5 Å². The minimum absolute atomic E-state index is 0.0192. The number of ether oxygens (including phenoxy) is 8. The first-order valence-electron chi connectivity index (χ1n) is 38.6. The van der Waals surface area contributed by atoms with Crippen molar-refractivity contribution in [1.29, 1.82) is 0 Å². The standard InChI is InChI=1S/C44H55NO6.C43H53NO6/c1-28-21-39-40(45(25-28)41(46)48-26-31-11-7-5-8-12-31)30(3)44(51-39)20-18-35-36-16-15-33-22-34(50-42(47)49-27-32-13-9-6-10-14-32)17-19-43(33,4)38(36)23-37(35)29(2)24-44;1-27-21-38-39(44(24-27)40(45)47-25-30-11-7-5-8-12-30)29(3)43(50-38)20-18-34-35-16-15-32-22-33(49-41(46)48-26-31-13-9-6-10-14-31)17-19-42(32,4)37(35)23-36(34)28(43)2/h5-15,28,30,34-36,38-40H,16-27H2,1-4H3;5-15,27,29,33-35,37-39H,16-26H2,1-4H3/t28-,30+,34-,35-,36-,38-,39+,40?,43-,44-;27-,29+,33-,34-,35-,37-,38+,39-,42-,43-/m00/s1. The number of likely N-dealkylation sites (tertiary alicyclic amines) is 2. The fraction of sp³-hybridized carbons (Fsp3) is 0.586. The minimum atomic E-state index is -0.571. The summed E-state index contributed by atoms with van der Waals surface area (Å²) in [5, 5.41) is 0. The third kappa shape index (κ3) is 13.3. The summed E-state index contributed by atoms with van der Waals surface area (Å²) in [5.41, 5.74) is 12.8. The van der Waals surface area contributed by atoms with E-state index in [4.69, 9.17) is 37.9 Å². The van der Waals surface area contributed by atoms with Crippen molar-refractivity contribution in [1.82, 2.24) is 9.80 Å². The molecule has 538 valence electrons. The molecule has 4 saturated carbocycles. The molecule has 20 atom stereocenters. The smallest absolute Gasteiger partial charge is 0.445 e. The summed E-state index contributed by atoms with van der Waals surface area (Å²) in [5.74, 6) is 4.80. The largest absolute Gasteiger partial charge is 0.508 e. The molecule has 4 aliphatic heterocycles. The Kier molecular flexibility index (Phi) is 19.6. The van der Waals surface area contributed by atoms with E-state index in [2.05, 4.69) is 67.5 Å². The minimum Gasteiger partial charge on any atom is -0.445 e. The first-order valence-corrected chi connectivity index (χ1v) is 38.6. The SMILES string of the molecule is CC1=C2C[C@H]3[C@@H](CC=C4C[C@@H](OC(=O)OCc5ccccc5)CC[C@@]43C)[C@@H]2CC[C@@]2(C1)O[C@@H]1C[C@H](C)CN(C(=O)OCc3ccccc3)C1[C@H]2C.CC1=C2C[C@H]3[C@@H](CC=C4C[C@@H](OC(=O)OCc5ccccc5)CC[C@@]43C)[C@@H]2CC[C@]12O[C@@H]1C[C@H](C)CN(C(=O)OCc3ccccc3)[C@H]1[C@H]2C. The molecule has 0 aromatic heterocycles. The maximum atomic E-state index is 13.6. The molecule has 101 heavy (non-hydrogen) atoms. The Morgan fingerprint density at radius 2 is 0.901 bits per heavy atom. The number of amides is 2. The second-order valence-electron chi connectivity index (χ2n) is 33.5. The maximum absolute atomic E-state index is 13.6. The second kappa shape index (κ2) is 28.5. The molecule has 2 amide bonds. The molecule has 1 unspecified atom stereocenters. The summed E-state index contributed by atoms with van der Waals surface area (Å²) in [7, 11) is 0. The van der Waals surface area contributed by atoms with Crippen LogP contribution in [-0.2, 0) is 64.3 Å². The molecule has 2 spiro atoms. The molecule has 0 N–H and O–H groups in total. The summed E-state index contributed by atoms with van der Waals surface area (Å²) in [4.78, 5) is 56.5.